The van der Waals surface area contributed by atoms with Gasteiger partial charge >= 0.3 is 6.18 Å². The standard InChI is InChI=1S/C14H18F3N3/c1-3-9(2)20-12(8-19-13(20)18)10-6-4-5-7-11(10)14(15,16)17/h4-7,9,12H,3,8H2,1-2H3,(H2,18,19). The van der Waals surface area contributed by atoms with E-state index in [0.29, 0.717) is 5.96 Å². The Morgan fingerprint density at radius 1 is 1.40 bits per heavy atom. The summed E-state index contributed by atoms with van der Waals surface area (Å²) in [5.74, 6) is 0.321. The van der Waals surface area contributed by atoms with Gasteiger partial charge in [0.05, 0.1) is 18.2 Å². The summed E-state index contributed by atoms with van der Waals surface area (Å²) in [7, 11) is 0. The van der Waals surface area contributed by atoms with E-state index in [4.69, 9.17) is 5.73 Å². The molecule has 1 aromatic carbocycles. The van der Waals surface area contributed by atoms with E-state index in [9.17, 15) is 13.2 Å². The lowest BCUT2D eigenvalue weighted by atomic mass is 9.98. The normalized spacial score (nSPS) is 20.9. The smallest absolute Gasteiger partial charge is 0.370 e. The number of hydrogen-bond donors (Lipinski definition) is 1. The lowest BCUT2D eigenvalue weighted by Crippen LogP contribution is -2.42. The fourth-order valence-corrected chi connectivity index (χ4v) is 2.53. The molecular formula is C14H18F3N3. The maximum atomic E-state index is 13.1. The van der Waals surface area contributed by atoms with E-state index < -0.39 is 17.8 Å². The molecule has 110 valence electrons. The van der Waals surface area contributed by atoms with Gasteiger partial charge in [0, 0.05) is 6.04 Å². The quantitative estimate of drug-likeness (QED) is 0.926. The zero-order valence-corrected chi connectivity index (χ0v) is 11.5. The molecule has 1 aromatic rings. The first-order valence-electron chi connectivity index (χ1n) is 6.60. The van der Waals surface area contributed by atoms with Crippen molar-refractivity contribution >= 4 is 5.96 Å². The average Bonchev–Trinajstić information content (AvgIpc) is 2.78. The Balaban J connectivity index is 2.42. The third kappa shape index (κ3) is 2.59. The summed E-state index contributed by atoms with van der Waals surface area (Å²) in [4.78, 5) is 5.90. The third-order valence-corrected chi connectivity index (χ3v) is 3.72. The number of alkyl halides is 3. The van der Waals surface area contributed by atoms with Gasteiger partial charge in [0.25, 0.3) is 0 Å². The molecule has 0 amide bonds. The van der Waals surface area contributed by atoms with Gasteiger partial charge in [-0.2, -0.15) is 13.2 Å². The number of halogens is 3. The van der Waals surface area contributed by atoms with Gasteiger partial charge in [-0.15, -0.1) is 0 Å². The Morgan fingerprint density at radius 3 is 2.65 bits per heavy atom. The topological polar surface area (TPSA) is 41.6 Å². The third-order valence-electron chi connectivity index (χ3n) is 3.72. The summed E-state index contributed by atoms with van der Waals surface area (Å²) in [6.07, 6.45) is -3.57. The zero-order valence-electron chi connectivity index (χ0n) is 11.5. The van der Waals surface area contributed by atoms with Crippen molar-refractivity contribution in [3.8, 4) is 0 Å². The van der Waals surface area contributed by atoms with Crippen molar-refractivity contribution in [3.05, 3.63) is 35.4 Å². The molecule has 0 radical (unpaired) electrons. The number of aliphatic imine (C=N–C) groups is 1. The van der Waals surface area contributed by atoms with Gasteiger partial charge in [0.15, 0.2) is 5.96 Å². The molecule has 0 aliphatic carbocycles. The van der Waals surface area contributed by atoms with Crippen LogP contribution in [0, 0.1) is 0 Å². The Morgan fingerprint density at radius 2 is 2.05 bits per heavy atom. The van der Waals surface area contributed by atoms with E-state index in [0.717, 1.165) is 12.5 Å². The van der Waals surface area contributed by atoms with Crippen LogP contribution in [-0.4, -0.2) is 23.4 Å². The van der Waals surface area contributed by atoms with Gasteiger partial charge in [0.2, 0.25) is 0 Å². The minimum atomic E-state index is -4.37. The van der Waals surface area contributed by atoms with Crippen LogP contribution in [0.4, 0.5) is 13.2 Å². The van der Waals surface area contributed by atoms with E-state index in [2.05, 4.69) is 4.99 Å². The van der Waals surface area contributed by atoms with Gasteiger partial charge in [0.1, 0.15) is 0 Å². The minimum Gasteiger partial charge on any atom is -0.370 e. The molecule has 3 nitrogen and oxygen atoms in total. The van der Waals surface area contributed by atoms with Crippen LogP contribution in [-0.2, 0) is 6.18 Å². The number of rotatable bonds is 3. The highest BCUT2D eigenvalue weighted by Gasteiger charge is 2.39. The second kappa shape index (κ2) is 5.34. The molecule has 20 heavy (non-hydrogen) atoms. The lowest BCUT2D eigenvalue weighted by Gasteiger charge is -2.33. The van der Waals surface area contributed by atoms with Crippen molar-refractivity contribution < 1.29 is 13.2 Å². The van der Waals surface area contributed by atoms with Crippen molar-refractivity contribution in [1.29, 1.82) is 0 Å². The van der Waals surface area contributed by atoms with Gasteiger partial charge in [-0.3, -0.25) is 4.99 Å². The Bertz CT molecular complexity index is 511. The van der Waals surface area contributed by atoms with E-state index in [1.807, 2.05) is 13.8 Å². The fourth-order valence-electron chi connectivity index (χ4n) is 2.53. The number of hydrogen-bond acceptors (Lipinski definition) is 3. The monoisotopic (exact) mass is 285 g/mol. The van der Waals surface area contributed by atoms with E-state index in [-0.39, 0.29) is 18.2 Å². The van der Waals surface area contributed by atoms with Crippen LogP contribution in [0.1, 0.15) is 37.4 Å². The van der Waals surface area contributed by atoms with Gasteiger partial charge < -0.3 is 10.6 Å². The van der Waals surface area contributed by atoms with Crippen LogP contribution in [0.25, 0.3) is 0 Å². The fraction of sp³-hybridized carbons (Fsp3) is 0.500. The van der Waals surface area contributed by atoms with Crippen LogP contribution in [0.15, 0.2) is 29.3 Å². The van der Waals surface area contributed by atoms with Crippen molar-refractivity contribution in [1.82, 2.24) is 4.90 Å². The SMILES string of the molecule is CCC(C)N1C(N)=NCC1c1ccccc1C(F)(F)F. The van der Waals surface area contributed by atoms with E-state index in [1.165, 1.54) is 12.1 Å². The summed E-state index contributed by atoms with van der Waals surface area (Å²) in [5.41, 5.74) is 5.47. The minimum absolute atomic E-state index is 0.0486. The number of guanidine groups is 1. The second-order valence-corrected chi connectivity index (χ2v) is 4.96. The lowest BCUT2D eigenvalue weighted by molar-refractivity contribution is -0.138. The van der Waals surface area contributed by atoms with Gasteiger partial charge in [-0.1, -0.05) is 25.1 Å². The Kier molecular flexibility index (Phi) is 3.92. The molecule has 0 bridgehead atoms. The van der Waals surface area contributed by atoms with Crippen LogP contribution in [0.2, 0.25) is 0 Å². The Labute approximate surface area is 116 Å². The first-order valence-corrected chi connectivity index (χ1v) is 6.60. The van der Waals surface area contributed by atoms with Crippen LogP contribution in [0.5, 0.6) is 0 Å². The summed E-state index contributed by atoms with van der Waals surface area (Å²) >= 11 is 0. The van der Waals surface area contributed by atoms with Crippen molar-refractivity contribution in [2.75, 3.05) is 6.54 Å². The molecule has 1 aliphatic rings. The summed E-state index contributed by atoms with van der Waals surface area (Å²) in [5, 5.41) is 0. The van der Waals surface area contributed by atoms with Crippen LogP contribution in [0.3, 0.4) is 0 Å². The molecule has 2 atom stereocenters. The zero-order chi connectivity index (χ0) is 14.9. The largest absolute Gasteiger partial charge is 0.416 e. The summed E-state index contributed by atoms with van der Waals surface area (Å²) < 4.78 is 39.4. The highest BCUT2D eigenvalue weighted by Crippen LogP contribution is 2.38. The van der Waals surface area contributed by atoms with E-state index >= 15 is 0 Å². The summed E-state index contributed by atoms with van der Waals surface area (Å²) in [6.45, 7) is 4.18. The second-order valence-electron chi connectivity index (χ2n) is 4.96. The molecule has 2 N–H and O–H groups in total. The summed E-state index contributed by atoms with van der Waals surface area (Å²) in [6, 6.07) is 5.25. The van der Waals surface area contributed by atoms with Crippen molar-refractivity contribution in [2.24, 2.45) is 10.7 Å². The maximum Gasteiger partial charge on any atom is 0.416 e. The van der Waals surface area contributed by atoms with Crippen molar-refractivity contribution in [3.63, 3.8) is 0 Å². The van der Waals surface area contributed by atoms with Crippen LogP contribution < -0.4 is 5.73 Å². The molecule has 0 saturated carbocycles. The van der Waals surface area contributed by atoms with E-state index in [1.54, 1.807) is 11.0 Å². The molecule has 0 fully saturated rings. The number of nitrogens with zero attached hydrogens (tertiary/aromatic N) is 2. The maximum absolute atomic E-state index is 13.1. The number of nitrogens with two attached hydrogens (primary N) is 1. The first kappa shape index (κ1) is 14.7. The average molecular weight is 285 g/mol. The van der Waals surface area contributed by atoms with Crippen LogP contribution >= 0.6 is 0 Å². The molecular weight excluding hydrogens is 267 g/mol. The predicted octanol–water partition coefficient (Wildman–Crippen LogP) is 3.18. The highest BCUT2D eigenvalue weighted by molar-refractivity contribution is 5.80. The van der Waals surface area contributed by atoms with Gasteiger partial charge in [-0.05, 0) is 25.0 Å². The molecule has 6 heteroatoms. The number of benzene rings is 1. The first-order chi connectivity index (χ1) is 9.36. The molecule has 0 spiro atoms. The molecule has 2 unspecified atom stereocenters. The Hall–Kier alpha value is -1.72. The highest BCUT2D eigenvalue weighted by atomic mass is 19.4. The molecule has 1 aliphatic heterocycles. The molecule has 0 aromatic heterocycles. The van der Waals surface area contributed by atoms with Crippen molar-refractivity contribution in [2.45, 2.75) is 38.5 Å². The van der Waals surface area contributed by atoms with Gasteiger partial charge in [-0.25, -0.2) is 0 Å². The molecule has 2 rings (SSSR count). The predicted molar refractivity (Wildman–Crippen MR) is 72.3 cm³/mol. The molecule has 1 heterocycles. The molecule has 0 saturated heterocycles.